The molecule has 2 aliphatic heterocycles. The van der Waals surface area contributed by atoms with E-state index in [4.69, 9.17) is 9.68 Å². The fourth-order valence-electron chi connectivity index (χ4n) is 4.52. The number of aryl methyl sites for hydroxylation is 2. The van der Waals surface area contributed by atoms with Gasteiger partial charge in [0.2, 0.25) is 0 Å². The van der Waals surface area contributed by atoms with Crippen LogP contribution in [0.15, 0.2) is 58.8 Å². The first-order valence-corrected chi connectivity index (χ1v) is 9.94. The zero-order valence-corrected chi connectivity index (χ0v) is 17.6. The quantitative estimate of drug-likeness (QED) is 0.708. The minimum absolute atomic E-state index is 0.259. The summed E-state index contributed by atoms with van der Waals surface area (Å²) < 4.78 is 0. The molecular weight excluding hydrogens is 380 g/mol. The summed E-state index contributed by atoms with van der Waals surface area (Å²) in [4.78, 5) is 36.9. The molecule has 0 saturated carbocycles. The molecule has 2 aromatic carbocycles. The first-order chi connectivity index (χ1) is 14.3. The van der Waals surface area contributed by atoms with E-state index < -0.39 is 22.8 Å². The third-order valence-corrected chi connectivity index (χ3v) is 6.37. The Balaban J connectivity index is 1.90. The molecule has 0 bridgehead atoms. The minimum Gasteiger partial charge on any atom is -0.317 e. The Labute approximate surface area is 175 Å². The van der Waals surface area contributed by atoms with Crippen molar-refractivity contribution < 1.29 is 19.3 Å². The van der Waals surface area contributed by atoms with E-state index in [1.54, 1.807) is 13.8 Å². The van der Waals surface area contributed by atoms with E-state index in [0.717, 1.165) is 22.3 Å². The molecule has 0 N–H and O–H groups in total. The van der Waals surface area contributed by atoms with E-state index in [1.165, 1.54) is 0 Å². The Morgan fingerprint density at radius 1 is 0.633 bits per heavy atom. The van der Waals surface area contributed by atoms with Gasteiger partial charge in [-0.3, -0.25) is 0 Å². The molecule has 0 saturated heterocycles. The van der Waals surface area contributed by atoms with Crippen molar-refractivity contribution in [1.82, 2.24) is 0 Å². The molecule has 2 atom stereocenters. The number of rotatable bonds is 5. The molecule has 4 rings (SSSR count). The molecule has 0 aliphatic carbocycles. The number of benzene rings is 2. The zero-order valence-electron chi connectivity index (χ0n) is 17.6. The molecular formula is C24H24N2O4. The topological polar surface area (TPSA) is 77.3 Å². The maximum Gasteiger partial charge on any atom is 0.348 e. The van der Waals surface area contributed by atoms with Gasteiger partial charge in [0.05, 0.1) is 11.4 Å². The number of hydrogen-bond acceptors (Lipinski definition) is 6. The Kier molecular flexibility index (Phi) is 4.80. The summed E-state index contributed by atoms with van der Waals surface area (Å²) in [5, 5.41) is 8.01. The van der Waals surface area contributed by atoms with Crippen molar-refractivity contribution in [2.75, 3.05) is 0 Å². The van der Waals surface area contributed by atoms with Crippen molar-refractivity contribution in [3.63, 3.8) is 0 Å². The predicted molar refractivity (Wildman–Crippen MR) is 113 cm³/mol. The van der Waals surface area contributed by atoms with Gasteiger partial charge in [-0.25, -0.2) is 9.59 Å². The second-order valence-electron chi connectivity index (χ2n) is 8.25. The van der Waals surface area contributed by atoms with Gasteiger partial charge >= 0.3 is 11.9 Å². The van der Waals surface area contributed by atoms with E-state index in [-0.39, 0.29) is 12.8 Å². The molecule has 0 fully saturated rings. The average Bonchev–Trinajstić information content (AvgIpc) is 3.17. The van der Waals surface area contributed by atoms with Crippen LogP contribution in [0.3, 0.4) is 0 Å². The molecule has 2 heterocycles. The molecule has 0 spiro atoms. The fourth-order valence-corrected chi connectivity index (χ4v) is 4.52. The van der Waals surface area contributed by atoms with Gasteiger partial charge in [-0.05, 0) is 51.7 Å². The molecule has 6 nitrogen and oxygen atoms in total. The summed E-state index contributed by atoms with van der Waals surface area (Å²) in [7, 11) is 0. The number of carbonyl (C=O) groups is 2. The van der Waals surface area contributed by atoms with Gasteiger partial charge in [0.15, 0.2) is 0 Å². The third kappa shape index (κ3) is 2.86. The number of nitrogens with zero attached hydrogens (tertiary/aromatic N) is 2. The molecule has 30 heavy (non-hydrogen) atoms. The van der Waals surface area contributed by atoms with E-state index in [9.17, 15) is 9.59 Å². The summed E-state index contributed by atoms with van der Waals surface area (Å²) in [6, 6.07) is 15.8. The van der Waals surface area contributed by atoms with Crippen LogP contribution in [0.2, 0.25) is 0 Å². The Bertz CT molecular complexity index is 982. The van der Waals surface area contributed by atoms with Gasteiger partial charge < -0.3 is 9.68 Å². The molecule has 2 unspecified atom stereocenters. The standard InChI is InChI=1S/C24H24N2O4/c1-15-5-9-19(10-6-15)13-23(17(3)25-29-21(23)27)24(18(4)26-30-22(24)28)14-20-11-7-16(2)8-12-20/h5-12H,13-14H2,1-4H3. The van der Waals surface area contributed by atoms with Crippen molar-refractivity contribution in [2.24, 2.45) is 21.1 Å². The summed E-state index contributed by atoms with van der Waals surface area (Å²) in [5.74, 6) is -1.11. The molecule has 2 aromatic rings. The molecule has 0 aromatic heterocycles. The van der Waals surface area contributed by atoms with Crippen LogP contribution in [-0.4, -0.2) is 23.4 Å². The average molecular weight is 404 g/mol. The van der Waals surface area contributed by atoms with Crippen molar-refractivity contribution in [3.8, 4) is 0 Å². The smallest absolute Gasteiger partial charge is 0.317 e. The highest BCUT2D eigenvalue weighted by molar-refractivity contribution is 6.22. The first kappa shape index (κ1) is 20.0. The van der Waals surface area contributed by atoms with Crippen LogP contribution >= 0.6 is 0 Å². The Morgan fingerprint density at radius 3 is 1.23 bits per heavy atom. The zero-order chi connectivity index (χ0) is 21.5. The van der Waals surface area contributed by atoms with E-state index in [1.807, 2.05) is 62.4 Å². The third-order valence-electron chi connectivity index (χ3n) is 6.37. The second-order valence-corrected chi connectivity index (χ2v) is 8.25. The number of hydrogen-bond donors (Lipinski definition) is 0. The monoisotopic (exact) mass is 404 g/mol. The Morgan fingerprint density at radius 2 is 0.967 bits per heavy atom. The van der Waals surface area contributed by atoms with Gasteiger partial charge in [-0.2, -0.15) is 0 Å². The van der Waals surface area contributed by atoms with Crippen LogP contribution in [0.1, 0.15) is 36.1 Å². The molecule has 0 radical (unpaired) electrons. The van der Waals surface area contributed by atoms with E-state index in [0.29, 0.717) is 11.4 Å². The van der Waals surface area contributed by atoms with Crippen molar-refractivity contribution in [1.29, 1.82) is 0 Å². The van der Waals surface area contributed by atoms with Crippen LogP contribution in [0, 0.1) is 24.7 Å². The lowest BCUT2D eigenvalue weighted by molar-refractivity contribution is -0.163. The van der Waals surface area contributed by atoms with Crippen molar-refractivity contribution in [3.05, 3.63) is 70.8 Å². The number of carbonyl (C=O) groups excluding carboxylic acids is 2. The second kappa shape index (κ2) is 7.20. The van der Waals surface area contributed by atoms with Gasteiger partial charge in [0, 0.05) is 0 Å². The molecule has 154 valence electrons. The summed E-state index contributed by atoms with van der Waals surface area (Å²) in [6.07, 6.45) is 0.518. The molecule has 0 amide bonds. The van der Waals surface area contributed by atoms with Gasteiger partial charge in [0.1, 0.15) is 10.8 Å². The van der Waals surface area contributed by atoms with Crippen LogP contribution in [0.5, 0.6) is 0 Å². The maximum atomic E-state index is 13.3. The number of oxime groups is 2. The van der Waals surface area contributed by atoms with Crippen LogP contribution in [0.25, 0.3) is 0 Å². The summed E-state index contributed by atoms with van der Waals surface area (Å²) >= 11 is 0. The van der Waals surface area contributed by atoms with Gasteiger partial charge in [-0.15, -0.1) is 0 Å². The Hall–Kier alpha value is -3.28. The maximum absolute atomic E-state index is 13.3. The van der Waals surface area contributed by atoms with Crippen molar-refractivity contribution in [2.45, 2.75) is 40.5 Å². The lowest BCUT2D eigenvalue weighted by Crippen LogP contribution is -2.59. The van der Waals surface area contributed by atoms with Crippen LogP contribution < -0.4 is 0 Å². The SMILES string of the molecule is CC1=NOC(=O)C1(Cc1ccc(C)cc1)C1(Cc2ccc(C)cc2)C(=O)ON=C1C. The van der Waals surface area contributed by atoms with Gasteiger partial charge in [0.25, 0.3) is 0 Å². The minimum atomic E-state index is -1.34. The van der Waals surface area contributed by atoms with Gasteiger partial charge in [-0.1, -0.05) is 70.0 Å². The van der Waals surface area contributed by atoms with Crippen molar-refractivity contribution >= 4 is 23.4 Å². The lowest BCUT2D eigenvalue weighted by Gasteiger charge is -2.40. The highest BCUT2D eigenvalue weighted by atomic mass is 16.7. The summed E-state index contributed by atoms with van der Waals surface area (Å²) in [6.45, 7) is 7.46. The predicted octanol–water partition coefficient (Wildman–Crippen LogP) is 3.93. The van der Waals surface area contributed by atoms with E-state index in [2.05, 4.69) is 10.3 Å². The first-order valence-electron chi connectivity index (χ1n) is 9.94. The fraction of sp³-hybridized carbons (Fsp3) is 0.333. The lowest BCUT2D eigenvalue weighted by atomic mass is 9.54. The highest BCUT2D eigenvalue weighted by Gasteiger charge is 2.70. The normalized spacial score (nSPS) is 25.6. The van der Waals surface area contributed by atoms with Crippen LogP contribution in [0.4, 0.5) is 0 Å². The molecule has 6 heteroatoms. The highest BCUT2D eigenvalue weighted by Crippen LogP contribution is 2.53. The summed E-state index contributed by atoms with van der Waals surface area (Å²) in [5.41, 5.74) is 2.26. The van der Waals surface area contributed by atoms with E-state index >= 15 is 0 Å². The molecule has 2 aliphatic rings. The van der Waals surface area contributed by atoms with Crippen LogP contribution in [-0.2, 0) is 32.1 Å². The largest absolute Gasteiger partial charge is 0.348 e.